The molecule has 1 atom stereocenters. The quantitative estimate of drug-likeness (QED) is 0.182. The number of fused-ring (bicyclic) bond motifs is 9. The van der Waals surface area contributed by atoms with Gasteiger partial charge in [-0.3, -0.25) is 0 Å². The molecule has 3 heterocycles. The average molecular weight is 671 g/mol. The number of hydrogen-bond donors (Lipinski definition) is 0. The fourth-order valence-corrected chi connectivity index (χ4v) is 8.00. The second-order valence-electron chi connectivity index (χ2n) is 13.4. The predicted molar refractivity (Wildman–Crippen MR) is 211 cm³/mol. The van der Waals surface area contributed by atoms with E-state index in [-0.39, 0.29) is 5.92 Å². The van der Waals surface area contributed by atoms with E-state index in [1.807, 2.05) is 54.6 Å². The number of para-hydroxylation sites is 2. The highest BCUT2D eigenvalue weighted by Gasteiger charge is 2.25. The van der Waals surface area contributed by atoms with Gasteiger partial charge in [0.25, 0.3) is 0 Å². The van der Waals surface area contributed by atoms with Crippen LogP contribution in [0.1, 0.15) is 17.9 Å². The number of anilines is 2. The average Bonchev–Trinajstić information content (AvgIpc) is 3.92. The van der Waals surface area contributed by atoms with Crippen molar-refractivity contribution in [1.82, 2.24) is 4.98 Å². The standard InChI is InChI=1S/C47H30N2O3/c1-2-11-31(12-3-1)47-48-45-43(52-47)27-26-42-44(45)37-17-9-18-39(46(37)51-42)49(33-24-25-41-38(28-33)36-15-6-7-19-40(36)50-41)32-22-20-30(21-23-32)35-16-8-13-29-10-4-5-14-34(29)35/h1-20,22-28,30H,21H2. The molecule has 7 aromatic carbocycles. The third-order valence-corrected chi connectivity index (χ3v) is 10.4. The number of benzene rings is 7. The van der Waals surface area contributed by atoms with E-state index in [1.54, 1.807) is 0 Å². The molecule has 0 bridgehead atoms. The van der Waals surface area contributed by atoms with Gasteiger partial charge in [-0.05, 0) is 83.4 Å². The molecular formula is C47H30N2O3. The van der Waals surface area contributed by atoms with Crippen molar-refractivity contribution >= 4 is 77.1 Å². The van der Waals surface area contributed by atoms with Crippen molar-refractivity contribution in [1.29, 1.82) is 0 Å². The van der Waals surface area contributed by atoms with Gasteiger partial charge in [0.05, 0.1) is 11.1 Å². The minimum absolute atomic E-state index is 0.262. The molecule has 0 fully saturated rings. The van der Waals surface area contributed by atoms with Crippen molar-refractivity contribution in [2.24, 2.45) is 0 Å². The maximum atomic E-state index is 6.79. The minimum atomic E-state index is 0.262. The molecule has 0 N–H and O–H groups in total. The van der Waals surface area contributed by atoms with E-state index in [1.165, 1.54) is 16.3 Å². The molecule has 0 saturated heterocycles. The molecule has 0 aliphatic heterocycles. The van der Waals surface area contributed by atoms with Crippen LogP contribution in [-0.2, 0) is 0 Å². The summed E-state index contributed by atoms with van der Waals surface area (Å²) in [5.41, 5.74) is 10.1. The molecule has 0 saturated carbocycles. The third kappa shape index (κ3) is 4.46. The maximum absolute atomic E-state index is 6.79. The van der Waals surface area contributed by atoms with Gasteiger partial charge in [0.2, 0.25) is 5.89 Å². The SMILES string of the molecule is C1=CC(c2cccc3ccccc23)CC=C1N(c1ccc2oc3ccccc3c2c1)c1cccc2c1oc1ccc3oc(-c4ccccc4)nc3c12. The fraction of sp³-hybridized carbons (Fsp3) is 0.0426. The zero-order valence-corrected chi connectivity index (χ0v) is 28.0. The number of allylic oxidation sites excluding steroid dienone is 3. The van der Waals surface area contributed by atoms with Crippen molar-refractivity contribution in [2.45, 2.75) is 12.3 Å². The Labute approximate surface area is 298 Å². The van der Waals surface area contributed by atoms with Crippen LogP contribution in [0.15, 0.2) is 183 Å². The first-order valence-electron chi connectivity index (χ1n) is 17.6. The smallest absolute Gasteiger partial charge is 0.227 e. The summed E-state index contributed by atoms with van der Waals surface area (Å²) >= 11 is 0. The zero-order chi connectivity index (χ0) is 34.2. The largest absolute Gasteiger partial charge is 0.456 e. The minimum Gasteiger partial charge on any atom is -0.456 e. The summed E-state index contributed by atoms with van der Waals surface area (Å²) < 4.78 is 19.3. The molecular weight excluding hydrogens is 641 g/mol. The number of oxazole rings is 1. The first kappa shape index (κ1) is 28.9. The van der Waals surface area contributed by atoms with Crippen molar-refractivity contribution in [3.05, 3.63) is 175 Å². The summed E-state index contributed by atoms with van der Waals surface area (Å²) in [6, 6.07) is 50.2. The number of aromatic nitrogens is 1. The van der Waals surface area contributed by atoms with E-state index in [2.05, 4.69) is 114 Å². The van der Waals surface area contributed by atoms with Gasteiger partial charge < -0.3 is 18.2 Å². The monoisotopic (exact) mass is 670 g/mol. The van der Waals surface area contributed by atoms with Crippen LogP contribution in [0.2, 0.25) is 0 Å². The highest BCUT2D eigenvalue weighted by molar-refractivity contribution is 6.19. The van der Waals surface area contributed by atoms with E-state index in [0.29, 0.717) is 5.89 Å². The molecule has 0 spiro atoms. The van der Waals surface area contributed by atoms with Crippen molar-refractivity contribution in [3.63, 3.8) is 0 Å². The van der Waals surface area contributed by atoms with Gasteiger partial charge in [-0.25, -0.2) is 4.98 Å². The highest BCUT2D eigenvalue weighted by Crippen LogP contribution is 2.45. The van der Waals surface area contributed by atoms with Gasteiger partial charge in [0, 0.05) is 39.0 Å². The Morgan fingerprint density at radius 3 is 2.23 bits per heavy atom. The number of furan rings is 2. The van der Waals surface area contributed by atoms with Gasteiger partial charge in [0.15, 0.2) is 11.2 Å². The van der Waals surface area contributed by atoms with Crippen molar-refractivity contribution in [3.8, 4) is 11.5 Å². The van der Waals surface area contributed by atoms with Crippen LogP contribution in [0.5, 0.6) is 0 Å². The topological polar surface area (TPSA) is 55.6 Å². The van der Waals surface area contributed by atoms with Crippen LogP contribution in [0.25, 0.3) is 77.2 Å². The Kier molecular flexibility index (Phi) is 6.31. The lowest BCUT2D eigenvalue weighted by atomic mass is 9.88. The predicted octanol–water partition coefficient (Wildman–Crippen LogP) is 13.2. The van der Waals surface area contributed by atoms with Gasteiger partial charge >= 0.3 is 0 Å². The van der Waals surface area contributed by atoms with Crippen molar-refractivity contribution in [2.75, 3.05) is 4.90 Å². The Morgan fingerprint density at radius 2 is 1.33 bits per heavy atom. The summed E-state index contributed by atoms with van der Waals surface area (Å²) in [5.74, 6) is 0.854. The first-order valence-corrected chi connectivity index (χ1v) is 17.6. The Bertz CT molecular complexity index is 3060. The van der Waals surface area contributed by atoms with E-state index in [4.69, 9.17) is 18.2 Å². The van der Waals surface area contributed by atoms with Crippen LogP contribution in [0, 0.1) is 0 Å². The summed E-state index contributed by atoms with van der Waals surface area (Å²) in [6.45, 7) is 0. The van der Waals surface area contributed by atoms with Gasteiger partial charge in [-0.1, -0.05) is 103 Å². The summed E-state index contributed by atoms with van der Waals surface area (Å²) in [6.07, 6.45) is 7.83. The molecule has 5 nitrogen and oxygen atoms in total. The van der Waals surface area contributed by atoms with Crippen LogP contribution in [0.4, 0.5) is 11.4 Å². The third-order valence-electron chi connectivity index (χ3n) is 10.4. The molecule has 1 unspecified atom stereocenters. The highest BCUT2D eigenvalue weighted by atomic mass is 16.4. The lowest BCUT2D eigenvalue weighted by molar-refractivity contribution is 0.619. The van der Waals surface area contributed by atoms with E-state index in [9.17, 15) is 0 Å². The molecule has 5 heteroatoms. The Balaban J connectivity index is 1.09. The molecule has 0 amide bonds. The summed E-state index contributed by atoms with van der Waals surface area (Å²) in [4.78, 5) is 7.32. The van der Waals surface area contributed by atoms with E-state index in [0.717, 1.165) is 84.0 Å². The van der Waals surface area contributed by atoms with E-state index >= 15 is 0 Å². The molecule has 1 aliphatic rings. The van der Waals surface area contributed by atoms with Gasteiger partial charge in [-0.2, -0.15) is 0 Å². The molecule has 246 valence electrons. The molecule has 11 rings (SSSR count). The Morgan fingerprint density at radius 1 is 0.577 bits per heavy atom. The molecule has 1 aliphatic carbocycles. The van der Waals surface area contributed by atoms with Gasteiger partial charge in [-0.15, -0.1) is 0 Å². The van der Waals surface area contributed by atoms with Crippen LogP contribution in [-0.4, -0.2) is 4.98 Å². The number of rotatable bonds is 5. The second kappa shape index (κ2) is 11.3. The van der Waals surface area contributed by atoms with Crippen molar-refractivity contribution < 1.29 is 13.3 Å². The molecule has 0 radical (unpaired) electrons. The van der Waals surface area contributed by atoms with Crippen LogP contribution in [0.3, 0.4) is 0 Å². The summed E-state index contributed by atoms with van der Waals surface area (Å²) in [7, 11) is 0. The second-order valence-corrected chi connectivity index (χ2v) is 13.4. The van der Waals surface area contributed by atoms with Crippen LogP contribution < -0.4 is 4.90 Å². The normalized spacial score (nSPS) is 14.7. The van der Waals surface area contributed by atoms with Gasteiger partial charge in [0.1, 0.15) is 22.3 Å². The lowest BCUT2D eigenvalue weighted by Crippen LogP contribution is -2.17. The lowest BCUT2D eigenvalue weighted by Gasteiger charge is -2.29. The van der Waals surface area contributed by atoms with Crippen LogP contribution >= 0.6 is 0 Å². The first-order chi connectivity index (χ1) is 25.8. The summed E-state index contributed by atoms with van der Waals surface area (Å²) in [5, 5.41) is 6.65. The fourth-order valence-electron chi connectivity index (χ4n) is 8.00. The number of hydrogen-bond acceptors (Lipinski definition) is 5. The zero-order valence-electron chi connectivity index (χ0n) is 28.0. The molecule has 10 aromatic rings. The maximum Gasteiger partial charge on any atom is 0.227 e. The molecule has 52 heavy (non-hydrogen) atoms. The number of nitrogens with zero attached hydrogens (tertiary/aromatic N) is 2. The van der Waals surface area contributed by atoms with E-state index < -0.39 is 0 Å². The molecule has 3 aromatic heterocycles. The Hall–Kier alpha value is -6.85.